The highest BCUT2D eigenvalue weighted by Gasteiger charge is 2.03. The molecule has 0 bridgehead atoms. The minimum atomic E-state index is 1.09. The predicted molar refractivity (Wildman–Crippen MR) is 100 cm³/mol. The van der Waals surface area contributed by atoms with E-state index in [0.717, 1.165) is 32.1 Å². The van der Waals surface area contributed by atoms with Gasteiger partial charge in [0, 0.05) is 12.4 Å². The van der Waals surface area contributed by atoms with Gasteiger partial charge in [0.15, 0.2) is 0 Å². The maximum absolute atomic E-state index is 4.19. The van der Waals surface area contributed by atoms with E-state index in [4.69, 9.17) is 0 Å². The molecule has 0 aliphatic rings. The summed E-state index contributed by atoms with van der Waals surface area (Å²) in [6.45, 7) is 0. The van der Waals surface area contributed by atoms with Gasteiger partial charge in [-0.05, 0) is 72.9 Å². The van der Waals surface area contributed by atoms with Gasteiger partial charge in [-0.3, -0.25) is 4.98 Å². The Morgan fingerprint density at radius 1 is 0.708 bits per heavy atom. The molecule has 1 aromatic heterocycles. The van der Waals surface area contributed by atoms with E-state index in [0.29, 0.717) is 0 Å². The van der Waals surface area contributed by atoms with Gasteiger partial charge in [0.2, 0.25) is 0 Å². The van der Waals surface area contributed by atoms with E-state index in [1.54, 1.807) is 0 Å². The monoisotopic (exact) mass is 314 g/mol. The van der Waals surface area contributed by atoms with Crippen LogP contribution in [-0.4, -0.2) is 4.98 Å². The molecule has 0 atom stereocenters. The second kappa shape index (κ2) is 9.02. The molecule has 0 aliphatic carbocycles. The van der Waals surface area contributed by atoms with Gasteiger partial charge in [-0.25, -0.2) is 0 Å². The Bertz CT molecular complexity index is 655. The molecule has 3 rings (SSSR count). The molecular weight excluding hydrogens is 290 g/mol. The predicted octanol–water partition coefficient (Wildman–Crippen LogP) is 5.23. The topological polar surface area (TPSA) is 12.9 Å². The molecule has 121 valence electrons. The quantitative estimate of drug-likeness (QED) is 0.554. The lowest BCUT2D eigenvalue weighted by Gasteiger charge is -2.09. The summed E-state index contributed by atoms with van der Waals surface area (Å²) in [6, 6.07) is 24.8. The van der Waals surface area contributed by atoms with Crippen molar-refractivity contribution in [3.05, 3.63) is 101 Å². The smallest absolute Gasteiger partial charge is 0.0299 e. The lowest BCUT2D eigenvalue weighted by atomic mass is 9.96. The molecule has 1 nitrogen and oxygen atoms in total. The fourth-order valence-corrected chi connectivity index (χ4v) is 3.12. The molecule has 24 heavy (non-hydrogen) atoms. The van der Waals surface area contributed by atoms with Crippen molar-refractivity contribution in [2.24, 2.45) is 0 Å². The highest BCUT2D eigenvalue weighted by molar-refractivity contribution is 5.27. The maximum Gasteiger partial charge on any atom is 0.0299 e. The fraction of sp³-hybridized carbons (Fsp3) is 0.261. The summed E-state index contributed by atoms with van der Waals surface area (Å²) >= 11 is 0. The number of rotatable bonds is 8. The number of aromatic nitrogens is 1. The number of pyridine rings is 1. The molecular formula is C23H24N. The maximum atomic E-state index is 4.19. The van der Waals surface area contributed by atoms with Gasteiger partial charge in [0.1, 0.15) is 0 Å². The zero-order valence-corrected chi connectivity index (χ0v) is 14.1. The van der Waals surface area contributed by atoms with E-state index in [1.807, 2.05) is 24.5 Å². The zero-order chi connectivity index (χ0) is 16.5. The lowest BCUT2D eigenvalue weighted by molar-refractivity contribution is 0.777. The van der Waals surface area contributed by atoms with Crippen LogP contribution in [0.4, 0.5) is 0 Å². The Morgan fingerprint density at radius 2 is 1.50 bits per heavy atom. The summed E-state index contributed by atoms with van der Waals surface area (Å²) in [5, 5.41) is 0. The van der Waals surface area contributed by atoms with Gasteiger partial charge in [0.05, 0.1) is 0 Å². The first-order valence-electron chi connectivity index (χ1n) is 8.83. The molecule has 1 heteroatoms. The van der Waals surface area contributed by atoms with Crippen LogP contribution in [0, 0.1) is 6.07 Å². The standard InChI is InChI=1S/C23H24N/c1-2-9-20(10-3-1)11-6-16-22-14-4-5-15-23(22)17-7-12-21-13-8-18-24-19-21/h1-5,8-10,13,15,18-19H,6-7,11-12,16-17H2. The third-order valence-electron chi connectivity index (χ3n) is 4.41. The summed E-state index contributed by atoms with van der Waals surface area (Å²) < 4.78 is 0. The molecule has 0 fully saturated rings. The van der Waals surface area contributed by atoms with Crippen LogP contribution >= 0.6 is 0 Å². The van der Waals surface area contributed by atoms with Crippen LogP contribution in [0.25, 0.3) is 0 Å². The molecule has 0 saturated heterocycles. The molecule has 3 aromatic rings. The van der Waals surface area contributed by atoms with Crippen LogP contribution in [0.3, 0.4) is 0 Å². The highest BCUT2D eigenvalue weighted by Crippen LogP contribution is 2.15. The first kappa shape index (κ1) is 16.4. The van der Waals surface area contributed by atoms with Crippen LogP contribution in [0.1, 0.15) is 35.1 Å². The molecule has 0 unspecified atom stereocenters. The van der Waals surface area contributed by atoms with E-state index in [-0.39, 0.29) is 0 Å². The average Bonchev–Trinajstić information content (AvgIpc) is 2.65. The van der Waals surface area contributed by atoms with Gasteiger partial charge in [-0.1, -0.05) is 54.6 Å². The van der Waals surface area contributed by atoms with Crippen molar-refractivity contribution >= 4 is 0 Å². The summed E-state index contributed by atoms with van der Waals surface area (Å²) in [6.07, 6.45) is 10.6. The summed E-state index contributed by atoms with van der Waals surface area (Å²) in [5.41, 5.74) is 5.59. The Kier molecular flexibility index (Phi) is 6.18. The van der Waals surface area contributed by atoms with E-state index in [2.05, 4.69) is 59.6 Å². The van der Waals surface area contributed by atoms with Crippen LogP contribution in [-0.2, 0) is 25.7 Å². The van der Waals surface area contributed by atoms with Gasteiger partial charge in [0.25, 0.3) is 0 Å². The van der Waals surface area contributed by atoms with Gasteiger partial charge in [-0.15, -0.1) is 0 Å². The lowest BCUT2D eigenvalue weighted by Crippen LogP contribution is -1.98. The first-order chi connectivity index (χ1) is 11.9. The normalized spacial score (nSPS) is 10.7. The van der Waals surface area contributed by atoms with Gasteiger partial charge in [-0.2, -0.15) is 0 Å². The highest BCUT2D eigenvalue weighted by atomic mass is 14.6. The molecule has 0 spiro atoms. The first-order valence-corrected chi connectivity index (χ1v) is 8.83. The Morgan fingerprint density at radius 3 is 2.33 bits per heavy atom. The minimum absolute atomic E-state index is 1.09. The third-order valence-corrected chi connectivity index (χ3v) is 4.41. The van der Waals surface area contributed by atoms with E-state index < -0.39 is 0 Å². The van der Waals surface area contributed by atoms with Crippen LogP contribution in [0.5, 0.6) is 0 Å². The van der Waals surface area contributed by atoms with Crippen molar-refractivity contribution in [2.75, 3.05) is 0 Å². The van der Waals surface area contributed by atoms with Crippen molar-refractivity contribution in [1.82, 2.24) is 4.98 Å². The van der Waals surface area contributed by atoms with Gasteiger partial charge >= 0.3 is 0 Å². The molecule has 2 aromatic carbocycles. The largest absolute Gasteiger partial charge is 0.264 e. The Balaban J connectivity index is 1.51. The van der Waals surface area contributed by atoms with E-state index >= 15 is 0 Å². The van der Waals surface area contributed by atoms with E-state index in [9.17, 15) is 0 Å². The number of benzene rings is 2. The second-order valence-corrected chi connectivity index (χ2v) is 6.23. The fourth-order valence-electron chi connectivity index (χ4n) is 3.12. The zero-order valence-electron chi connectivity index (χ0n) is 14.1. The van der Waals surface area contributed by atoms with Crippen molar-refractivity contribution in [2.45, 2.75) is 38.5 Å². The Hall–Kier alpha value is -2.41. The molecule has 0 amide bonds. The third kappa shape index (κ3) is 5.06. The van der Waals surface area contributed by atoms with Crippen LogP contribution in [0.2, 0.25) is 0 Å². The molecule has 1 heterocycles. The summed E-state index contributed by atoms with van der Waals surface area (Å²) in [4.78, 5) is 4.19. The number of aryl methyl sites for hydroxylation is 4. The average molecular weight is 314 g/mol. The van der Waals surface area contributed by atoms with Crippen molar-refractivity contribution < 1.29 is 0 Å². The molecule has 0 saturated carbocycles. The van der Waals surface area contributed by atoms with E-state index in [1.165, 1.54) is 28.7 Å². The molecule has 0 N–H and O–H groups in total. The van der Waals surface area contributed by atoms with Crippen molar-refractivity contribution in [3.8, 4) is 0 Å². The number of hydrogen-bond acceptors (Lipinski definition) is 1. The van der Waals surface area contributed by atoms with Crippen molar-refractivity contribution in [1.29, 1.82) is 0 Å². The minimum Gasteiger partial charge on any atom is -0.264 e. The van der Waals surface area contributed by atoms with Crippen molar-refractivity contribution in [3.63, 3.8) is 0 Å². The summed E-state index contributed by atoms with van der Waals surface area (Å²) in [5.74, 6) is 0. The Labute approximate surface area is 145 Å². The van der Waals surface area contributed by atoms with Gasteiger partial charge < -0.3 is 0 Å². The SMILES string of the molecule is [c]1cccc(CCCc2cccnc2)c1CCCc1ccccc1. The molecule has 1 radical (unpaired) electrons. The number of nitrogens with zero attached hydrogens (tertiary/aromatic N) is 1. The van der Waals surface area contributed by atoms with Crippen LogP contribution in [0.15, 0.2) is 73.1 Å². The second-order valence-electron chi connectivity index (χ2n) is 6.23. The number of hydrogen-bond donors (Lipinski definition) is 0. The van der Waals surface area contributed by atoms with Crippen LogP contribution < -0.4 is 0 Å². The molecule has 0 aliphatic heterocycles. The summed E-state index contributed by atoms with van der Waals surface area (Å²) in [7, 11) is 0.